The molecule has 1 heterocycles. The fourth-order valence-electron chi connectivity index (χ4n) is 2.72. The number of urea groups is 1. The number of benzene rings is 1. The van der Waals surface area contributed by atoms with Crippen LogP contribution >= 0.6 is 0 Å². The molecule has 3 rings (SSSR count). The van der Waals surface area contributed by atoms with Gasteiger partial charge < -0.3 is 10.2 Å². The minimum absolute atomic E-state index is 0.108. The van der Waals surface area contributed by atoms with Crippen LogP contribution < -0.4 is 15.5 Å². The Kier molecular flexibility index (Phi) is 4.59. The van der Waals surface area contributed by atoms with Crippen molar-refractivity contribution in [2.24, 2.45) is 0 Å². The van der Waals surface area contributed by atoms with E-state index in [0.29, 0.717) is 5.92 Å². The van der Waals surface area contributed by atoms with Gasteiger partial charge in [-0.25, -0.2) is 14.2 Å². The molecule has 0 radical (unpaired) electrons. The van der Waals surface area contributed by atoms with Gasteiger partial charge in [0, 0.05) is 26.3 Å². The molecule has 2 aromatic rings. The quantitative estimate of drug-likeness (QED) is 0.905. The van der Waals surface area contributed by atoms with Gasteiger partial charge in [-0.3, -0.25) is 5.32 Å². The maximum Gasteiger partial charge on any atom is 0.321 e. The summed E-state index contributed by atoms with van der Waals surface area (Å²) in [7, 11) is 3.74. The Bertz CT molecular complexity index is 713. The van der Waals surface area contributed by atoms with Crippen molar-refractivity contribution >= 4 is 17.8 Å². The average Bonchev–Trinajstić information content (AvgIpc) is 2.52. The highest BCUT2D eigenvalue weighted by Gasteiger charge is 2.31. The molecular formula is C17H20FN5O. The Balaban J connectivity index is 1.48. The summed E-state index contributed by atoms with van der Waals surface area (Å²) in [5.41, 5.74) is 1.11. The van der Waals surface area contributed by atoms with Crippen molar-refractivity contribution in [3.05, 3.63) is 47.9 Å². The number of amides is 2. The molecule has 0 atom stereocenters. The number of aromatic nitrogens is 2. The highest BCUT2D eigenvalue weighted by molar-refractivity contribution is 5.87. The van der Waals surface area contributed by atoms with Crippen molar-refractivity contribution in [3.63, 3.8) is 0 Å². The molecule has 2 N–H and O–H groups in total. The third-order valence-corrected chi connectivity index (χ3v) is 4.14. The molecule has 0 unspecified atom stereocenters. The van der Waals surface area contributed by atoms with E-state index in [-0.39, 0.29) is 23.8 Å². The number of carbonyl (C=O) groups is 1. The maximum atomic E-state index is 12.9. The lowest BCUT2D eigenvalue weighted by molar-refractivity contribution is 0.233. The van der Waals surface area contributed by atoms with Crippen molar-refractivity contribution in [2.45, 2.75) is 24.8 Å². The van der Waals surface area contributed by atoms with E-state index in [1.54, 1.807) is 24.4 Å². The Morgan fingerprint density at radius 1 is 1.21 bits per heavy atom. The SMILES string of the molecule is CN(C)c1ccnc(NC(=O)NC2CC(c3ccc(F)cc3)C2)n1. The van der Waals surface area contributed by atoms with Gasteiger partial charge in [-0.1, -0.05) is 12.1 Å². The van der Waals surface area contributed by atoms with Gasteiger partial charge in [0.2, 0.25) is 5.95 Å². The Hall–Kier alpha value is -2.70. The Labute approximate surface area is 140 Å². The number of rotatable bonds is 4. The number of carbonyl (C=O) groups excluding carboxylic acids is 1. The van der Waals surface area contributed by atoms with E-state index in [1.165, 1.54) is 12.1 Å². The summed E-state index contributed by atoms with van der Waals surface area (Å²) in [5.74, 6) is 1.13. The predicted octanol–water partition coefficient (Wildman–Crippen LogP) is 2.75. The number of anilines is 2. The van der Waals surface area contributed by atoms with Crippen LogP contribution in [0.4, 0.5) is 21.0 Å². The number of hydrogen-bond acceptors (Lipinski definition) is 4. The molecule has 0 spiro atoms. The highest BCUT2D eigenvalue weighted by Crippen LogP contribution is 2.36. The lowest BCUT2D eigenvalue weighted by Crippen LogP contribution is -2.45. The van der Waals surface area contributed by atoms with E-state index in [0.717, 1.165) is 24.2 Å². The van der Waals surface area contributed by atoms with Gasteiger partial charge in [-0.2, -0.15) is 4.98 Å². The zero-order chi connectivity index (χ0) is 17.1. The predicted molar refractivity (Wildman–Crippen MR) is 90.7 cm³/mol. The second-order valence-corrected chi connectivity index (χ2v) is 6.15. The van der Waals surface area contributed by atoms with Gasteiger partial charge in [0.15, 0.2) is 0 Å². The van der Waals surface area contributed by atoms with E-state index in [2.05, 4.69) is 20.6 Å². The molecular weight excluding hydrogens is 309 g/mol. The number of hydrogen-bond donors (Lipinski definition) is 2. The van der Waals surface area contributed by atoms with E-state index >= 15 is 0 Å². The van der Waals surface area contributed by atoms with Crippen LogP contribution in [0.1, 0.15) is 24.3 Å². The molecule has 1 saturated carbocycles. The molecule has 1 aromatic heterocycles. The monoisotopic (exact) mass is 329 g/mol. The molecule has 126 valence electrons. The minimum atomic E-state index is -0.312. The largest absolute Gasteiger partial charge is 0.363 e. The van der Waals surface area contributed by atoms with Crippen molar-refractivity contribution in [1.29, 1.82) is 0 Å². The lowest BCUT2D eigenvalue weighted by atomic mass is 9.76. The second-order valence-electron chi connectivity index (χ2n) is 6.15. The molecule has 2 amide bonds. The average molecular weight is 329 g/mol. The lowest BCUT2D eigenvalue weighted by Gasteiger charge is -2.36. The van der Waals surface area contributed by atoms with E-state index < -0.39 is 0 Å². The molecule has 1 aromatic carbocycles. The Morgan fingerprint density at radius 2 is 1.92 bits per heavy atom. The smallest absolute Gasteiger partial charge is 0.321 e. The van der Waals surface area contributed by atoms with Crippen LogP contribution in [0.15, 0.2) is 36.5 Å². The maximum absolute atomic E-state index is 12.9. The van der Waals surface area contributed by atoms with Crippen molar-refractivity contribution in [2.75, 3.05) is 24.3 Å². The van der Waals surface area contributed by atoms with E-state index in [1.807, 2.05) is 19.0 Å². The number of nitrogens with zero attached hydrogens (tertiary/aromatic N) is 3. The third-order valence-electron chi connectivity index (χ3n) is 4.14. The van der Waals surface area contributed by atoms with Gasteiger partial charge in [0.05, 0.1) is 0 Å². The first kappa shape index (κ1) is 16.2. The van der Waals surface area contributed by atoms with Crippen molar-refractivity contribution < 1.29 is 9.18 Å². The third kappa shape index (κ3) is 3.79. The van der Waals surface area contributed by atoms with Crippen LogP contribution in [0, 0.1) is 5.82 Å². The summed E-state index contributed by atoms with van der Waals surface area (Å²) in [4.78, 5) is 22.1. The summed E-state index contributed by atoms with van der Waals surface area (Å²) >= 11 is 0. The molecule has 1 aliphatic rings. The first-order valence-corrected chi connectivity index (χ1v) is 7.84. The van der Waals surface area contributed by atoms with Crippen LogP contribution in [0.3, 0.4) is 0 Å². The minimum Gasteiger partial charge on any atom is -0.363 e. The molecule has 1 fully saturated rings. The number of nitrogens with one attached hydrogen (secondary N) is 2. The van der Waals surface area contributed by atoms with Crippen molar-refractivity contribution in [1.82, 2.24) is 15.3 Å². The van der Waals surface area contributed by atoms with E-state index in [9.17, 15) is 9.18 Å². The molecule has 0 saturated heterocycles. The topological polar surface area (TPSA) is 70.2 Å². The van der Waals surface area contributed by atoms with Gasteiger partial charge in [0.25, 0.3) is 0 Å². The molecule has 0 aliphatic heterocycles. The normalized spacial score (nSPS) is 19.3. The second kappa shape index (κ2) is 6.82. The molecule has 1 aliphatic carbocycles. The molecule has 0 bridgehead atoms. The summed E-state index contributed by atoms with van der Waals surface area (Å²) in [6.07, 6.45) is 3.29. The molecule has 7 heteroatoms. The summed E-state index contributed by atoms with van der Waals surface area (Å²) in [6.45, 7) is 0. The van der Waals surface area contributed by atoms with Crippen LogP contribution in [0.2, 0.25) is 0 Å². The van der Waals surface area contributed by atoms with Gasteiger partial charge in [0.1, 0.15) is 11.6 Å². The first-order chi connectivity index (χ1) is 11.5. The van der Waals surface area contributed by atoms with Crippen LogP contribution in [-0.4, -0.2) is 36.1 Å². The Morgan fingerprint density at radius 3 is 2.58 bits per heavy atom. The molecule has 24 heavy (non-hydrogen) atoms. The van der Waals surface area contributed by atoms with E-state index in [4.69, 9.17) is 0 Å². The summed E-state index contributed by atoms with van der Waals surface area (Å²) < 4.78 is 12.9. The zero-order valence-corrected chi connectivity index (χ0v) is 13.7. The standard InChI is InChI=1S/C17H20FN5O/c1-23(2)15-7-8-19-16(21-15)22-17(24)20-14-9-12(10-14)11-3-5-13(18)6-4-11/h3-8,12,14H,9-10H2,1-2H3,(H2,19,20,21,22,24). The van der Waals surface area contributed by atoms with Gasteiger partial charge in [-0.05, 0) is 42.5 Å². The fraction of sp³-hybridized carbons (Fsp3) is 0.353. The van der Waals surface area contributed by atoms with Crippen LogP contribution in [0.5, 0.6) is 0 Å². The van der Waals surface area contributed by atoms with Crippen molar-refractivity contribution in [3.8, 4) is 0 Å². The van der Waals surface area contributed by atoms with Crippen LogP contribution in [0.25, 0.3) is 0 Å². The summed E-state index contributed by atoms with van der Waals surface area (Å²) in [6, 6.07) is 8.11. The number of halogens is 1. The van der Waals surface area contributed by atoms with Gasteiger partial charge >= 0.3 is 6.03 Å². The van der Waals surface area contributed by atoms with Gasteiger partial charge in [-0.15, -0.1) is 0 Å². The fourth-order valence-corrected chi connectivity index (χ4v) is 2.72. The highest BCUT2D eigenvalue weighted by atomic mass is 19.1. The van der Waals surface area contributed by atoms with Crippen LogP contribution in [-0.2, 0) is 0 Å². The molecule has 6 nitrogen and oxygen atoms in total. The summed E-state index contributed by atoms with van der Waals surface area (Å²) in [5, 5.41) is 5.56. The first-order valence-electron chi connectivity index (χ1n) is 7.84. The zero-order valence-electron chi connectivity index (χ0n) is 13.7.